The van der Waals surface area contributed by atoms with Gasteiger partial charge in [0.15, 0.2) is 0 Å². The van der Waals surface area contributed by atoms with E-state index in [1.54, 1.807) is 0 Å². The Morgan fingerprint density at radius 2 is 2.22 bits per heavy atom. The molecule has 2 N–H and O–H groups in total. The van der Waals surface area contributed by atoms with Crippen molar-refractivity contribution in [2.75, 3.05) is 13.1 Å². The SMILES string of the molecule is CCN(Cc1cccc(C)n1)C(=O)CC(C)CN. The van der Waals surface area contributed by atoms with Crippen LogP contribution in [0.4, 0.5) is 0 Å². The van der Waals surface area contributed by atoms with E-state index in [-0.39, 0.29) is 11.8 Å². The number of amides is 1. The van der Waals surface area contributed by atoms with Crippen LogP contribution in [0.5, 0.6) is 0 Å². The molecular weight excluding hydrogens is 226 g/mol. The summed E-state index contributed by atoms with van der Waals surface area (Å²) in [7, 11) is 0. The normalized spacial score (nSPS) is 12.2. The fourth-order valence-electron chi connectivity index (χ4n) is 1.77. The van der Waals surface area contributed by atoms with Gasteiger partial charge in [0.25, 0.3) is 0 Å². The van der Waals surface area contributed by atoms with Crippen molar-refractivity contribution in [1.82, 2.24) is 9.88 Å². The van der Waals surface area contributed by atoms with Gasteiger partial charge in [0.05, 0.1) is 12.2 Å². The van der Waals surface area contributed by atoms with Crippen LogP contribution in [0.15, 0.2) is 18.2 Å². The third kappa shape index (κ3) is 4.45. The van der Waals surface area contributed by atoms with Gasteiger partial charge in [-0.3, -0.25) is 9.78 Å². The number of nitrogens with zero attached hydrogens (tertiary/aromatic N) is 2. The molecule has 1 unspecified atom stereocenters. The zero-order valence-corrected chi connectivity index (χ0v) is 11.5. The highest BCUT2D eigenvalue weighted by Crippen LogP contribution is 2.08. The molecule has 0 aliphatic carbocycles. The third-order valence-electron chi connectivity index (χ3n) is 2.96. The Kier molecular flexibility index (Phi) is 5.78. The first-order valence-corrected chi connectivity index (χ1v) is 6.47. The molecule has 1 heterocycles. The predicted molar refractivity (Wildman–Crippen MR) is 72.9 cm³/mol. The molecule has 0 saturated carbocycles. The van der Waals surface area contributed by atoms with E-state index in [4.69, 9.17) is 5.73 Å². The zero-order valence-electron chi connectivity index (χ0n) is 11.5. The second-order valence-corrected chi connectivity index (χ2v) is 4.72. The maximum Gasteiger partial charge on any atom is 0.223 e. The van der Waals surface area contributed by atoms with Crippen molar-refractivity contribution >= 4 is 5.91 Å². The number of nitrogens with two attached hydrogens (primary N) is 1. The zero-order chi connectivity index (χ0) is 13.5. The molecule has 0 aromatic carbocycles. The van der Waals surface area contributed by atoms with Gasteiger partial charge in [-0.1, -0.05) is 13.0 Å². The summed E-state index contributed by atoms with van der Waals surface area (Å²) in [5.41, 5.74) is 7.47. The largest absolute Gasteiger partial charge is 0.337 e. The van der Waals surface area contributed by atoms with Gasteiger partial charge >= 0.3 is 0 Å². The number of aromatic nitrogens is 1. The molecule has 0 radical (unpaired) electrons. The van der Waals surface area contributed by atoms with Crippen LogP contribution in [0, 0.1) is 12.8 Å². The molecule has 4 heteroatoms. The minimum Gasteiger partial charge on any atom is -0.337 e. The van der Waals surface area contributed by atoms with E-state index in [0.717, 1.165) is 11.4 Å². The van der Waals surface area contributed by atoms with Crippen molar-refractivity contribution in [3.05, 3.63) is 29.6 Å². The van der Waals surface area contributed by atoms with Crippen LogP contribution in [0.3, 0.4) is 0 Å². The number of carbonyl (C=O) groups excluding carboxylic acids is 1. The highest BCUT2D eigenvalue weighted by molar-refractivity contribution is 5.76. The highest BCUT2D eigenvalue weighted by atomic mass is 16.2. The summed E-state index contributed by atoms with van der Waals surface area (Å²) in [5, 5.41) is 0. The quantitative estimate of drug-likeness (QED) is 0.835. The molecule has 0 aliphatic heterocycles. The van der Waals surface area contributed by atoms with Crippen LogP contribution in [-0.2, 0) is 11.3 Å². The molecule has 0 bridgehead atoms. The van der Waals surface area contributed by atoms with Gasteiger partial charge in [-0.25, -0.2) is 0 Å². The van der Waals surface area contributed by atoms with E-state index in [0.29, 0.717) is 26.1 Å². The van der Waals surface area contributed by atoms with Crippen LogP contribution in [0.25, 0.3) is 0 Å². The fourth-order valence-corrected chi connectivity index (χ4v) is 1.77. The minimum absolute atomic E-state index is 0.152. The summed E-state index contributed by atoms with van der Waals surface area (Å²) in [4.78, 5) is 18.3. The van der Waals surface area contributed by atoms with Gasteiger partial charge in [-0.15, -0.1) is 0 Å². The number of pyridine rings is 1. The molecule has 1 aromatic rings. The summed E-state index contributed by atoms with van der Waals surface area (Å²) >= 11 is 0. The molecule has 1 rings (SSSR count). The Balaban J connectivity index is 2.64. The lowest BCUT2D eigenvalue weighted by Gasteiger charge is -2.22. The van der Waals surface area contributed by atoms with Crippen molar-refractivity contribution in [1.29, 1.82) is 0 Å². The number of aryl methyl sites for hydroxylation is 1. The van der Waals surface area contributed by atoms with Crippen molar-refractivity contribution in [3.8, 4) is 0 Å². The Labute approximate surface area is 109 Å². The van der Waals surface area contributed by atoms with E-state index in [2.05, 4.69) is 4.98 Å². The van der Waals surface area contributed by atoms with Crippen LogP contribution in [-0.4, -0.2) is 28.9 Å². The number of rotatable bonds is 6. The monoisotopic (exact) mass is 249 g/mol. The molecular formula is C14H23N3O. The van der Waals surface area contributed by atoms with E-state index in [1.807, 2.05) is 43.9 Å². The lowest BCUT2D eigenvalue weighted by molar-refractivity contribution is -0.132. The van der Waals surface area contributed by atoms with E-state index < -0.39 is 0 Å². The van der Waals surface area contributed by atoms with Crippen molar-refractivity contribution in [2.45, 2.75) is 33.7 Å². The molecule has 18 heavy (non-hydrogen) atoms. The predicted octanol–water partition coefficient (Wildman–Crippen LogP) is 1.72. The minimum atomic E-state index is 0.152. The lowest BCUT2D eigenvalue weighted by atomic mass is 10.1. The first kappa shape index (κ1) is 14.6. The first-order valence-electron chi connectivity index (χ1n) is 6.47. The van der Waals surface area contributed by atoms with Crippen LogP contribution in [0.1, 0.15) is 31.7 Å². The van der Waals surface area contributed by atoms with Crippen molar-refractivity contribution in [2.24, 2.45) is 11.7 Å². The number of carbonyl (C=O) groups is 1. The Morgan fingerprint density at radius 3 is 2.78 bits per heavy atom. The first-order chi connectivity index (χ1) is 8.56. The third-order valence-corrected chi connectivity index (χ3v) is 2.96. The van der Waals surface area contributed by atoms with Crippen molar-refractivity contribution < 1.29 is 4.79 Å². The highest BCUT2D eigenvalue weighted by Gasteiger charge is 2.15. The average molecular weight is 249 g/mol. The maximum absolute atomic E-state index is 12.1. The van der Waals surface area contributed by atoms with E-state index >= 15 is 0 Å². The lowest BCUT2D eigenvalue weighted by Crippen LogP contribution is -2.32. The van der Waals surface area contributed by atoms with E-state index in [1.165, 1.54) is 0 Å². The number of hydrogen-bond donors (Lipinski definition) is 1. The summed E-state index contributed by atoms with van der Waals surface area (Å²) in [6, 6.07) is 5.88. The average Bonchev–Trinajstić information content (AvgIpc) is 2.35. The van der Waals surface area contributed by atoms with Crippen molar-refractivity contribution in [3.63, 3.8) is 0 Å². The second-order valence-electron chi connectivity index (χ2n) is 4.72. The van der Waals surface area contributed by atoms with Gasteiger partial charge in [0.2, 0.25) is 5.91 Å². The molecule has 1 aromatic heterocycles. The molecule has 1 atom stereocenters. The second kappa shape index (κ2) is 7.11. The molecule has 0 spiro atoms. The summed E-state index contributed by atoms with van der Waals surface area (Å²) in [6.07, 6.45) is 0.510. The molecule has 0 aliphatic rings. The molecule has 0 fully saturated rings. The summed E-state index contributed by atoms with van der Waals surface area (Å²) < 4.78 is 0. The standard InChI is InChI=1S/C14H23N3O/c1-4-17(14(18)8-11(2)9-15)10-13-7-5-6-12(3)16-13/h5-7,11H,4,8-10,15H2,1-3H3. The summed E-state index contributed by atoms with van der Waals surface area (Å²) in [5.74, 6) is 0.385. The van der Waals surface area contributed by atoms with Crippen LogP contribution < -0.4 is 5.73 Å². The topological polar surface area (TPSA) is 59.2 Å². The summed E-state index contributed by atoms with van der Waals surface area (Å²) in [6.45, 7) is 7.77. The Bertz CT molecular complexity index is 392. The molecule has 1 amide bonds. The fraction of sp³-hybridized carbons (Fsp3) is 0.571. The molecule has 0 saturated heterocycles. The smallest absolute Gasteiger partial charge is 0.223 e. The Hall–Kier alpha value is -1.42. The van der Waals surface area contributed by atoms with Gasteiger partial charge in [0, 0.05) is 18.7 Å². The van der Waals surface area contributed by atoms with Crippen LogP contribution >= 0.6 is 0 Å². The maximum atomic E-state index is 12.1. The van der Waals surface area contributed by atoms with Crippen LogP contribution in [0.2, 0.25) is 0 Å². The van der Waals surface area contributed by atoms with E-state index in [9.17, 15) is 4.79 Å². The Morgan fingerprint density at radius 1 is 1.50 bits per heavy atom. The van der Waals surface area contributed by atoms with Gasteiger partial charge in [0.1, 0.15) is 0 Å². The molecule has 100 valence electrons. The number of hydrogen-bond acceptors (Lipinski definition) is 3. The molecule has 4 nitrogen and oxygen atoms in total. The van der Waals surface area contributed by atoms with Gasteiger partial charge in [-0.05, 0) is 38.4 Å². The van der Waals surface area contributed by atoms with Gasteiger partial charge in [-0.2, -0.15) is 0 Å². The van der Waals surface area contributed by atoms with Gasteiger partial charge < -0.3 is 10.6 Å².